The summed E-state index contributed by atoms with van der Waals surface area (Å²) in [6.45, 7) is -1.37. The number of aliphatic hydroxyl groups excluding tert-OH is 1. The van der Waals surface area contributed by atoms with Gasteiger partial charge in [-0.25, -0.2) is 17.9 Å². The summed E-state index contributed by atoms with van der Waals surface area (Å²) in [4.78, 5) is 110. The molecule has 31 nitrogen and oxygen atoms in total. The van der Waals surface area contributed by atoms with Gasteiger partial charge in [-0.3, -0.25) is 48.7 Å². The Morgan fingerprint density at radius 2 is 0.922 bits per heavy atom. The van der Waals surface area contributed by atoms with Gasteiger partial charge in [-0.05, 0) is 63.5 Å². The number of aliphatic carboxylic acids is 1. The van der Waals surface area contributed by atoms with Crippen LogP contribution in [0.5, 0.6) is 0 Å². The van der Waals surface area contributed by atoms with E-state index < -0.39 is 88.3 Å². The summed E-state index contributed by atoms with van der Waals surface area (Å²) in [5.41, 5.74) is 44.2. The number of anilines is 1. The van der Waals surface area contributed by atoms with Crippen molar-refractivity contribution >= 4 is 91.7 Å². The SMILES string of the molecule is CN(C)c1cccc2c(S(=O)(=O)NCCC(=O)NCCC(=O)N[C@@H](CO)C(=O)N[C@@H](CCCN=C(N)N)C(=O)N[C@@H](CCCN=C(N)N)C(=O)N[C@@H](CCCN=C(N)N)C(=O)N[C@@H](CCCN=C(N)N)C(=O)O)cccc12. The van der Waals surface area contributed by atoms with Crippen LogP contribution in [-0.2, 0) is 43.6 Å². The zero-order valence-electron chi connectivity index (χ0n) is 43.2. The number of benzene rings is 2. The molecule has 32 heteroatoms. The average Bonchev–Trinajstić information content (AvgIpc) is 3.35. The van der Waals surface area contributed by atoms with E-state index in [0.717, 1.165) is 11.1 Å². The molecule has 6 amide bonds. The molecule has 0 aliphatic rings. The quantitative estimate of drug-likeness (QED) is 0.0171. The van der Waals surface area contributed by atoms with Crippen LogP contribution in [0, 0.1) is 0 Å². The standard InChI is InChI=1S/C45H76N20O11S/c1-65(2)33-15-3-10-27-26(33)9-4-16-34(27)77(75,76)59-24-18-35(67)54-23-17-36(68)60-32(25-66)40(72)63-29(12-6-20-56-43(48)49)38(70)61-28(11-5-19-55-42(46)47)37(69)62-30(13-7-21-57-44(50)51)39(71)64-31(41(73)74)14-8-22-58-45(52)53/h3-4,9-10,15-16,28-32,59,66H,5-8,11-14,17-25H2,1-2H3,(H,54,67)(H,60,68)(H,61,70)(H,62,69)(H,63,72)(H,64,71)(H,73,74)(H4,46,47,55)(H4,48,49,56)(H4,50,51,57)(H4,52,53,58)/t28-,29-,30-,31-,32-/m0/s1. The molecule has 25 N–H and O–H groups in total. The third kappa shape index (κ3) is 24.8. The number of nitrogens with two attached hydrogens (primary N) is 8. The molecule has 428 valence electrons. The fourth-order valence-electron chi connectivity index (χ4n) is 7.30. The van der Waals surface area contributed by atoms with Gasteiger partial charge in [-0.15, -0.1) is 0 Å². The maximum atomic E-state index is 14.1. The summed E-state index contributed by atoms with van der Waals surface area (Å²) in [5, 5.41) is 36.1. The minimum absolute atomic E-state index is 0.00279. The van der Waals surface area contributed by atoms with Gasteiger partial charge >= 0.3 is 5.97 Å². The molecular weight excluding hydrogens is 1030 g/mol. The van der Waals surface area contributed by atoms with E-state index in [1.165, 1.54) is 6.07 Å². The van der Waals surface area contributed by atoms with Gasteiger partial charge in [0, 0.05) is 82.7 Å². The van der Waals surface area contributed by atoms with E-state index in [0.29, 0.717) is 5.39 Å². The van der Waals surface area contributed by atoms with E-state index in [-0.39, 0.29) is 132 Å². The number of fused-ring (bicyclic) bond motifs is 1. The molecule has 0 unspecified atom stereocenters. The van der Waals surface area contributed by atoms with Crippen molar-refractivity contribution < 1.29 is 52.2 Å². The van der Waals surface area contributed by atoms with Crippen molar-refractivity contribution in [1.29, 1.82) is 0 Å². The van der Waals surface area contributed by atoms with Crippen LogP contribution in [0.25, 0.3) is 10.8 Å². The zero-order chi connectivity index (χ0) is 57.7. The van der Waals surface area contributed by atoms with Crippen molar-refractivity contribution in [3.05, 3.63) is 36.4 Å². The maximum Gasteiger partial charge on any atom is 0.326 e. The van der Waals surface area contributed by atoms with Crippen molar-refractivity contribution in [2.75, 3.05) is 64.9 Å². The van der Waals surface area contributed by atoms with Gasteiger partial charge in [0.15, 0.2) is 23.8 Å². The van der Waals surface area contributed by atoms with Crippen molar-refractivity contribution in [2.45, 2.75) is 99.3 Å². The summed E-state index contributed by atoms with van der Waals surface area (Å²) in [6.07, 6.45) is -0.680. The summed E-state index contributed by atoms with van der Waals surface area (Å²) in [5.74, 6) is -7.51. The van der Waals surface area contributed by atoms with Gasteiger partial charge < -0.3 is 92.9 Å². The van der Waals surface area contributed by atoms with Gasteiger partial charge in [0.25, 0.3) is 0 Å². The first-order valence-electron chi connectivity index (χ1n) is 24.4. The van der Waals surface area contributed by atoms with E-state index >= 15 is 0 Å². The first-order valence-corrected chi connectivity index (χ1v) is 25.9. The van der Waals surface area contributed by atoms with Gasteiger partial charge in [0.1, 0.15) is 30.2 Å². The molecule has 2 aromatic rings. The summed E-state index contributed by atoms with van der Waals surface area (Å²) in [6, 6.07) is 2.81. The number of guanidine groups is 4. The molecule has 0 aliphatic heterocycles. The Morgan fingerprint density at radius 3 is 1.34 bits per heavy atom. The lowest BCUT2D eigenvalue weighted by atomic mass is 10.0. The largest absolute Gasteiger partial charge is 0.480 e. The molecule has 0 aromatic heterocycles. The second kappa shape index (κ2) is 33.6. The number of carbonyl (C=O) groups is 7. The molecule has 0 radical (unpaired) electrons. The molecule has 5 atom stereocenters. The summed E-state index contributed by atoms with van der Waals surface area (Å²) in [7, 11) is -0.366. The van der Waals surface area contributed by atoms with Crippen molar-refractivity contribution in [3.63, 3.8) is 0 Å². The number of amides is 6. The highest BCUT2D eigenvalue weighted by molar-refractivity contribution is 7.89. The molecule has 0 heterocycles. The van der Waals surface area contributed by atoms with E-state index in [4.69, 9.17) is 45.9 Å². The number of sulfonamides is 1. The van der Waals surface area contributed by atoms with Crippen molar-refractivity contribution in [2.24, 2.45) is 65.8 Å². The van der Waals surface area contributed by atoms with Gasteiger partial charge in [-0.2, -0.15) is 0 Å². The van der Waals surface area contributed by atoms with Crippen LogP contribution >= 0.6 is 0 Å². The highest BCUT2D eigenvalue weighted by atomic mass is 32.2. The molecule has 0 saturated heterocycles. The molecule has 0 bridgehead atoms. The number of carboxylic acid groups (broad SMARTS) is 1. The molecule has 0 saturated carbocycles. The number of hydrogen-bond acceptors (Lipinski definition) is 15. The van der Waals surface area contributed by atoms with Crippen LogP contribution in [-0.4, -0.2) is 174 Å². The monoisotopic (exact) mass is 1100 g/mol. The van der Waals surface area contributed by atoms with Crippen molar-refractivity contribution in [3.8, 4) is 0 Å². The Morgan fingerprint density at radius 1 is 0.532 bits per heavy atom. The van der Waals surface area contributed by atoms with E-state index in [2.05, 4.69) is 56.6 Å². The second-order valence-electron chi connectivity index (χ2n) is 17.5. The fourth-order valence-corrected chi connectivity index (χ4v) is 8.55. The number of carbonyl (C=O) groups excluding carboxylic acids is 6. The number of carboxylic acids is 1. The topological polar surface area (TPSA) is 539 Å². The predicted octanol–water partition coefficient (Wildman–Crippen LogP) is -6.20. The maximum absolute atomic E-state index is 14.1. The number of aliphatic hydroxyl groups is 1. The third-order valence-electron chi connectivity index (χ3n) is 11.1. The average molecular weight is 1110 g/mol. The lowest BCUT2D eigenvalue weighted by Crippen LogP contribution is -2.59. The third-order valence-corrected chi connectivity index (χ3v) is 12.6. The van der Waals surface area contributed by atoms with Crippen LogP contribution in [0.1, 0.15) is 64.2 Å². The van der Waals surface area contributed by atoms with Gasteiger partial charge in [0.2, 0.25) is 45.5 Å². The molecule has 77 heavy (non-hydrogen) atoms. The second-order valence-corrected chi connectivity index (χ2v) is 19.2. The first kappa shape index (κ1) is 64.9. The Labute approximate surface area is 445 Å². The fraction of sp³-hybridized carbons (Fsp3) is 0.533. The van der Waals surface area contributed by atoms with Crippen molar-refractivity contribution in [1.82, 2.24) is 36.6 Å². The Kier molecular flexibility index (Phi) is 28.3. The smallest absolute Gasteiger partial charge is 0.326 e. The minimum atomic E-state index is -4.04. The van der Waals surface area contributed by atoms with Crippen LogP contribution in [0.15, 0.2) is 61.3 Å². The molecule has 0 aliphatic carbocycles. The summed E-state index contributed by atoms with van der Waals surface area (Å²) >= 11 is 0. The predicted molar refractivity (Wildman–Crippen MR) is 290 cm³/mol. The zero-order valence-corrected chi connectivity index (χ0v) is 44.0. The molecule has 2 aromatic carbocycles. The molecule has 2 rings (SSSR count). The minimum Gasteiger partial charge on any atom is -0.480 e. The van der Waals surface area contributed by atoms with E-state index in [9.17, 15) is 52.2 Å². The van der Waals surface area contributed by atoms with Gasteiger partial charge in [0.05, 0.1) is 11.5 Å². The van der Waals surface area contributed by atoms with Gasteiger partial charge in [-0.1, -0.05) is 24.3 Å². The number of nitrogens with one attached hydrogen (secondary N) is 7. The van der Waals surface area contributed by atoms with Crippen LogP contribution < -0.4 is 87.4 Å². The van der Waals surface area contributed by atoms with Crippen LogP contribution in [0.2, 0.25) is 0 Å². The van der Waals surface area contributed by atoms with E-state index in [1.54, 1.807) is 24.3 Å². The van der Waals surface area contributed by atoms with E-state index in [1.807, 2.05) is 25.1 Å². The highest BCUT2D eigenvalue weighted by Gasteiger charge is 2.32. The van der Waals surface area contributed by atoms with Crippen LogP contribution in [0.3, 0.4) is 0 Å². The Balaban J connectivity index is 2.21. The Hall–Kier alpha value is -8.26. The molecular formula is C45H76N20O11S. The number of nitrogens with zero attached hydrogens (tertiary/aromatic N) is 5. The molecule has 0 spiro atoms. The lowest BCUT2D eigenvalue weighted by Gasteiger charge is -2.27. The van der Waals surface area contributed by atoms with Crippen LogP contribution in [0.4, 0.5) is 5.69 Å². The summed E-state index contributed by atoms with van der Waals surface area (Å²) < 4.78 is 28.9. The number of rotatable bonds is 36. The first-order chi connectivity index (χ1) is 36.4. The highest BCUT2D eigenvalue weighted by Crippen LogP contribution is 2.30. The Bertz CT molecular complexity index is 2550. The normalized spacial score (nSPS) is 12.9. The number of hydrogen-bond donors (Lipinski definition) is 17. The number of aliphatic imine (C=N–C) groups is 4. The lowest BCUT2D eigenvalue weighted by molar-refractivity contribution is -0.142. The molecule has 0 fully saturated rings.